The second kappa shape index (κ2) is 13.9. The molecule has 280 valence electrons. The second-order valence-corrected chi connectivity index (χ2v) is 15.8. The molecule has 1 unspecified atom stereocenters. The van der Waals surface area contributed by atoms with Crippen LogP contribution in [-0.4, -0.2) is 15.0 Å². The van der Waals surface area contributed by atoms with Crippen molar-refractivity contribution >= 4 is 49.1 Å². The van der Waals surface area contributed by atoms with E-state index in [9.17, 15) is 0 Å². The highest BCUT2D eigenvalue weighted by Crippen LogP contribution is 2.46. The van der Waals surface area contributed by atoms with Crippen LogP contribution in [0.5, 0.6) is 0 Å². The molecule has 0 saturated heterocycles. The van der Waals surface area contributed by atoms with Crippen LogP contribution in [0.3, 0.4) is 0 Å². The van der Waals surface area contributed by atoms with Gasteiger partial charge in [0.1, 0.15) is 11.2 Å². The van der Waals surface area contributed by atoms with Gasteiger partial charge in [0.05, 0.1) is 0 Å². The highest BCUT2D eigenvalue weighted by molar-refractivity contribution is 6.12. The number of nitrogens with zero attached hydrogens (tertiary/aromatic N) is 3. The summed E-state index contributed by atoms with van der Waals surface area (Å²) in [7, 11) is 0. The van der Waals surface area contributed by atoms with Crippen LogP contribution >= 0.6 is 0 Å². The van der Waals surface area contributed by atoms with Gasteiger partial charge >= 0.3 is 0 Å². The quantitative estimate of drug-likeness (QED) is 0.125. The summed E-state index contributed by atoms with van der Waals surface area (Å²) in [6.45, 7) is 4.45. The summed E-state index contributed by atoms with van der Waals surface area (Å²) in [5, 5.41) is 6.75. The van der Waals surface area contributed by atoms with Crippen LogP contribution in [0.25, 0.3) is 94.3 Å². The minimum atomic E-state index is -0.208. The molecule has 4 nitrogen and oxygen atoms in total. The predicted octanol–water partition coefficient (Wildman–Crippen LogP) is 14.2. The topological polar surface area (TPSA) is 51.8 Å². The van der Waals surface area contributed by atoms with Crippen molar-refractivity contribution in [3.05, 3.63) is 205 Å². The Kier molecular flexibility index (Phi) is 8.19. The van der Waals surface area contributed by atoms with Gasteiger partial charge in [-0.1, -0.05) is 171 Å². The highest BCUT2D eigenvalue weighted by Gasteiger charge is 2.33. The fourth-order valence-electron chi connectivity index (χ4n) is 9.20. The first-order valence-electron chi connectivity index (χ1n) is 20.3. The molecule has 0 saturated carbocycles. The molecule has 4 heteroatoms. The van der Waals surface area contributed by atoms with E-state index in [-0.39, 0.29) is 5.41 Å². The Labute approximate surface area is 342 Å². The fourth-order valence-corrected chi connectivity index (χ4v) is 9.20. The first-order chi connectivity index (χ1) is 29.0. The highest BCUT2D eigenvalue weighted by atomic mass is 16.3. The summed E-state index contributed by atoms with van der Waals surface area (Å²) in [4.78, 5) is 15.4. The number of furan rings is 1. The summed E-state index contributed by atoms with van der Waals surface area (Å²) in [5.74, 6) is 1.84. The van der Waals surface area contributed by atoms with Gasteiger partial charge in [0.15, 0.2) is 17.5 Å². The van der Waals surface area contributed by atoms with E-state index >= 15 is 0 Å². The van der Waals surface area contributed by atoms with Crippen molar-refractivity contribution in [1.29, 1.82) is 0 Å². The molecular weight excluding hydrogens is 719 g/mol. The SMILES string of the molecule is C/C=C\C(=C/C1(C)Cc2ccccc2-c2ccccc21)c1ccc2c(c1)oc1cccc(-c3nc(-c4ccccc4)nc(-c4ccc5ccc6ccccc6c5c4)n3)c12. The molecule has 59 heavy (non-hydrogen) atoms. The lowest BCUT2D eigenvalue weighted by molar-refractivity contribution is 0.586. The van der Waals surface area contributed by atoms with Gasteiger partial charge in [-0.05, 0) is 92.5 Å². The van der Waals surface area contributed by atoms with Crippen LogP contribution in [0, 0.1) is 0 Å². The smallest absolute Gasteiger partial charge is 0.164 e. The molecular formula is C55H39N3O. The van der Waals surface area contributed by atoms with Crippen molar-refractivity contribution in [3.8, 4) is 45.3 Å². The Balaban J connectivity index is 1.05. The molecule has 0 fully saturated rings. The second-order valence-electron chi connectivity index (χ2n) is 15.8. The first-order valence-corrected chi connectivity index (χ1v) is 20.3. The summed E-state index contributed by atoms with van der Waals surface area (Å²) in [5.41, 5.74) is 11.8. The summed E-state index contributed by atoms with van der Waals surface area (Å²) in [6.07, 6.45) is 7.71. The van der Waals surface area contributed by atoms with Crippen LogP contribution in [0.4, 0.5) is 0 Å². The number of hydrogen-bond acceptors (Lipinski definition) is 4. The Morgan fingerprint density at radius 2 is 1.24 bits per heavy atom. The van der Waals surface area contributed by atoms with Gasteiger partial charge in [-0.3, -0.25) is 0 Å². The number of fused-ring (bicyclic) bond motifs is 9. The molecule has 0 spiro atoms. The summed E-state index contributed by atoms with van der Waals surface area (Å²) in [6, 6.07) is 59.9. The van der Waals surface area contributed by atoms with E-state index < -0.39 is 0 Å². The molecule has 10 aromatic rings. The van der Waals surface area contributed by atoms with Crippen molar-refractivity contribution in [2.24, 2.45) is 0 Å². The summed E-state index contributed by atoms with van der Waals surface area (Å²) < 4.78 is 6.70. The third-order valence-corrected chi connectivity index (χ3v) is 12.0. The molecule has 8 aromatic carbocycles. The molecule has 11 rings (SSSR count). The molecule has 1 aliphatic carbocycles. The predicted molar refractivity (Wildman–Crippen MR) is 244 cm³/mol. The van der Waals surface area contributed by atoms with Gasteiger partial charge in [-0.25, -0.2) is 15.0 Å². The number of benzene rings is 8. The van der Waals surface area contributed by atoms with E-state index in [1.165, 1.54) is 43.8 Å². The van der Waals surface area contributed by atoms with Crippen molar-refractivity contribution in [1.82, 2.24) is 15.0 Å². The Morgan fingerprint density at radius 3 is 2.10 bits per heavy atom. The lowest BCUT2D eigenvalue weighted by atomic mass is 9.68. The van der Waals surface area contributed by atoms with Gasteiger partial charge < -0.3 is 4.42 Å². The zero-order valence-electron chi connectivity index (χ0n) is 32.9. The van der Waals surface area contributed by atoms with Crippen LogP contribution < -0.4 is 0 Å². The minimum Gasteiger partial charge on any atom is -0.456 e. The van der Waals surface area contributed by atoms with Crippen molar-refractivity contribution < 1.29 is 4.42 Å². The Morgan fingerprint density at radius 1 is 0.542 bits per heavy atom. The molecule has 0 bridgehead atoms. The van der Waals surface area contributed by atoms with Crippen LogP contribution in [0.1, 0.15) is 30.5 Å². The van der Waals surface area contributed by atoms with E-state index in [0.717, 1.165) is 56.2 Å². The van der Waals surface area contributed by atoms with Crippen molar-refractivity contribution in [2.75, 3.05) is 0 Å². The number of hydrogen-bond donors (Lipinski definition) is 0. The molecule has 0 N–H and O–H groups in total. The van der Waals surface area contributed by atoms with Gasteiger partial charge in [0.2, 0.25) is 0 Å². The molecule has 1 atom stereocenters. The average Bonchev–Trinajstić information content (AvgIpc) is 3.67. The molecule has 0 aliphatic heterocycles. The lowest BCUT2D eigenvalue weighted by Gasteiger charge is -2.35. The number of rotatable bonds is 6. The monoisotopic (exact) mass is 757 g/mol. The van der Waals surface area contributed by atoms with Crippen LogP contribution in [0.15, 0.2) is 193 Å². The van der Waals surface area contributed by atoms with E-state index in [2.05, 4.69) is 159 Å². The van der Waals surface area contributed by atoms with Crippen LogP contribution in [0.2, 0.25) is 0 Å². The zero-order chi connectivity index (χ0) is 39.5. The molecule has 1 aliphatic rings. The van der Waals surface area contributed by atoms with Crippen molar-refractivity contribution in [2.45, 2.75) is 25.7 Å². The third-order valence-electron chi connectivity index (χ3n) is 12.0. The maximum Gasteiger partial charge on any atom is 0.164 e. The maximum atomic E-state index is 6.70. The van der Waals surface area contributed by atoms with Gasteiger partial charge in [-0.15, -0.1) is 0 Å². The maximum absolute atomic E-state index is 6.70. The lowest BCUT2D eigenvalue weighted by Crippen LogP contribution is -2.27. The largest absolute Gasteiger partial charge is 0.456 e. The van der Waals surface area contributed by atoms with Gasteiger partial charge in [-0.2, -0.15) is 0 Å². The zero-order valence-corrected chi connectivity index (χ0v) is 32.9. The number of allylic oxidation sites excluding steroid dienone is 4. The van der Waals surface area contributed by atoms with E-state index in [1.807, 2.05) is 42.5 Å². The van der Waals surface area contributed by atoms with Crippen LogP contribution in [-0.2, 0) is 11.8 Å². The van der Waals surface area contributed by atoms with Gasteiger partial charge in [0, 0.05) is 32.9 Å². The fraction of sp³-hybridized carbons (Fsp3) is 0.0727. The van der Waals surface area contributed by atoms with Crippen molar-refractivity contribution in [3.63, 3.8) is 0 Å². The van der Waals surface area contributed by atoms with E-state index in [1.54, 1.807) is 0 Å². The standard InChI is InChI=1S/C55H39N3O/c1-3-14-40(33-55(2)34-41-18-8-10-20-43(41)44-21-11-12-23-48(44)55)38-29-30-45-50(32-38)59-49-24-13-22-46(51(45)49)54-57-52(37-16-5-4-6-17-37)56-53(58-54)39-28-27-36-26-25-35-15-7-9-19-42(35)47(36)31-39/h3-33H,34H2,1-2H3/b14-3-,40-33+. The Hall–Kier alpha value is -7.43. The number of aromatic nitrogens is 3. The molecule has 2 aromatic heterocycles. The average molecular weight is 758 g/mol. The molecule has 0 radical (unpaired) electrons. The molecule has 2 heterocycles. The Bertz CT molecular complexity index is 3340. The minimum absolute atomic E-state index is 0.208. The summed E-state index contributed by atoms with van der Waals surface area (Å²) >= 11 is 0. The molecule has 0 amide bonds. The van der Waals surface area contributed by atoms with E-state index in [4.69, 9.17) is 19.4 Å². The third kappa shape index (κ3) is 5.95. The normalized spacial score (nSPS) is 15.3. The van der Waals surface area contributed by atoms with E-state index in [0.29, 0.717) is 17.5 Å². The first kappa shape index (κ1) is 34.8. The van der Waals surface area contributed by atoms with Gasteiger partial charge in [0.25, 0.3) is 0 Å².